The number of nitrogens with two attached hydrogens (primary N) is 1. The molecule has 1 fully saturated rings. The van der Waals surface area contributed by atoms with Crippen LogP contribution in [0.3, 0.4) is 0 Å². The number of sulfonamides is 1. The molecule has 1 aliphatic heterocycles. The van der Waals surface area contributed by atoms with Gasteiger partial charge in [0.15, 0.2) is 0 Å². The highest BCUT2D eigenvalue weighted by Gasteiger charge is 2.32. The summed E-state index contributed by atoms with van der Waals surface area (Å²) in [5.41, 5.74) is 1.82. The summed E-state index contributed by atoms with van der Waals surface area (Å²) in [6.07, 6.45) is 0.597. The van der Waals surface area contributed by atoms with Crippen LogP contribution in [-0.2, 0) is 14.8 Å². The van der Waals surface area contributed by atoms with Crippen LogP contribution in [0.5, 0.6) is 0 Å². The van der Waals surface area contributed by atoms with Gasteiger partial charge in [0.25, 0.3) is 5.69 Å². The van der Waals surface area contributed by atoms with Crippen molar-refractivity contribution < 1.29 is 18.1 Å². The lowest BCUT2D eigenvalue weighted by molar-refractivity contribution is -0.384. The second kappa shape index (κ2) is 5.93. The van der Waals surface area contributed by atoms with Crippen molar-refractivity contribution in [2.75, 3.05) is 25.7 Å². The maximum atomic E-state index is 12.5. The molecule has 0 aliphatic carbocycles. The molecule has 1 aromatic rings. The molecule has 21 heavy (non-hydrogen) atoms. The third-order valence-corrected chi connectivity index (χ3v) is 5.32. The van der Waals surface area contributed by atoms with E-state index in [4.69, 9.17) is 10.6 Å². The van der Waals surface area contributed by atoms with Crippen LogP contribution in [0, 0.1) is 10.1 Å². The fourth-order valence-electron chi connectivity index (χ4n) is 2.12. The van der Waals surface area contributed by atoms with Crippen molar-refractivity contribution in [3.05, 3.63) is 28.3 Å². The minimum Gasteiger partial charge on any atom is -0.380 e. The highest BCUT2D eigenvalue weighted by atomic mass is 32.2. The van der Waals surface area contributed by atoms with Crippen molar-refractivity contribution in [1.29, 1.82) is 0 Å². The molecular weight excluding hydrogens is 300 g/mol. The van der Waals surface area contributed by atoms with Crippen LogP contribution < -0.4 is 11.3 Å². The summed E-state index contributed by atoms with van der Waals surface area (Å²) in [5.74, 6) is 5.18. The zero-order valence-electron chi connectivity index (χ0n) is 11.4. The first-order valence-corrected chi connectivity index (χ1v) is 7.62. The first kappa shape index (κ1) is 15.6. The number of nitro benzene ring substituents is 1. The van der Waals surface area contributed by atoms with Crippen LogP contribution >= 0.6 is 0 Å². The number of hydrazine groups is 1. The summed E-state index contributed by atoms with van der Waals surface area (Å²) in [7, 11) is -2.38. The predicted octanol–water partition coefficient (Wildman–Crippen LogP) is 0.290. The number of benzene rings is 1. The van der Waals surface area contributed by atoms with Crippen LogP contribution in [0.15, 0.2) is 23.1 Å². The molecule has 1 saturated heterocycles. The summed E-state index contributed by atoms with van der Waals surface area (Å²) < 4.78 is 31.3. The Labute approximate surface area is 121 Å². The Balaban J connectivity index is 2.40. The Morgan fingerprint density at radius 3 is 2.76 bits per heavy atom. The zero-order valence-corrected chi connectivity index (χ0v) is 12.2. The monoisotopic (exact) mass is 316 g/mol. The van der Waals surface area contributed by atoms with Crippen molar-refractivity contribution >= 4 is 21.4 Å². The van der Waals surface area contributed by atoms with E-state index in [-0.39, 0.29) is 16.6 Å². The Kier molecular flexibility index (Phi) is 4.42. The van der Waals surface area contributed by atoms with Gasteiger partial charge in [0, 0.05) is 19.7 Å². The number of rotatable bonds is 5. The summed E-state index contributed by atoms with van der Waals surface area (Å²) in [4.78, 5) is 10.1. The number of likely N-dealkylation sites (N-methyl/N-ethyl adjacent to an activating group) is 1. The third kappa shape index (κ3) is 2.97. The second-order valence-electron chi connectivity index (χ2n) is 4.62. The first-order chi connectivity index (χ1) is 9.87. The molecule has 1 unspecified atom stereocenters. The van der Waals surface area contributed by atoms with Crippen LogP contribution in [0.2, 0.25) is 0 Å². The summed E-state index contributed by atoms with van der Waals surface area (Å²) >= 11 is 0. The van der Waals surface area contributed by atoms with Crippen LogP contribution in [-0.4, -0.2) is 43.9 Å². The first-order valence-electron chi connectivity index (χ1n) is 6.18. The third-order valence-electron chi connectivity index (χ3n) is 3.42. The number of anilines is 1. The van der Waals surface area contributed by atoms with E-state index in [1.54, 1.807) is 0 Å². The average Bonchev–Trinajstić information content (AvgIpc) is 2.99. The molecule has 0 saturated carbocycles. The van der Waals surface area contributed by atoms with Gasteiger partial charge in [-0.25, -0.2) is 8.42 Å². The lowest BCUT2D eigenvalue weighted by Gasteiger charge is -2.22. The molecule has 1 aliphatic rings. The van der Waals surface area contributed by atoms with Gasteiger partial charge in [-0.05, 0) is 18.6 Å². The minimum absolute atomic E-state index is 0.0470. The molecule has 1 heterocycles. The fourth-order valence-corrected chi connectivity index (χ4v) is 3.51. The van der Waals surface area contributed by atoms with Crippen LogP contribution in [0.1, 0.15) is 6.42 Å². The summed E-state index contributed by atoms with van der Waals surface area (Å²) in [5, 5.41) is 11.0. The number of nitro groups is 1. The number of nitrogen functional groups attached to an aromatic ring is 1. The smallest absolute Gasteiger partial charge is 0.294 e. The second-order valence-corrected chi connectivity index (χ2v) is 6.62. The molecular formula is C11H16N4O5S. The minimum atomic E-state index is -3.82. The van der Waals surface area contributed by atoms with E-state index in [1.165, 1.54) is 23.5 Å². The number of nitrogens with one attached hydrogen (secondary N) is 1. The van der Waals surface area contributed by atoms with Gasteiger partial charge in [0.1, 0.15) is 5.69 Å². The van der Waals surface area contributed by atoms with Gasteiger partial charge < -0.3 is 10.2 Å². The van der Waals surface area contributed by atoms with E-state index in [1.807, 2.05) is 0 Å². The predicted molar refractivity (Wildman–Crippen MR) is 75.1 cm³/mol. The SMILES string of the molecule is CN(C1CCOC1)S(=O)(=O)c1ccc(NN)c([N+](=O)[O-])c1. The van der Waals surface area contributed by atoms with Gasteiger partial charge >= 0.3 is 0 Å². The molecule has 0 amide bonds. The van der Waals surface area contributed by atoms with Crippen LogP contribution in [0.4, 0.5) is 11.4 Å². The van der Waals surface area contributed by atoms with Gasteiger partial charge in [-0.15, -0.1) is 0 Å². The largest absolute Gasteiger partial charge is 0.380 e. The molecule has 10 heteroatoms. The Morgan fingerprint density at radius 2 is 2.24 bits per heavy atom. The van der Waals surface area contributed by atoms with Gasteiger partial charge in [-0.2, -0.15) is 4.31 Å². The van der Waals surface area contributed by atoms with Crippen molar-refractivity contribution in [2.45, 2.75) is 17.4 Å². The van der Waals surface area contributed by atoms with Crippen molar-refractivity contribution in [1.82, 2.24) is 4.31 Å². The molecule has 2 rings (SSSR count). The van der Waals surface area contributed by atoms with Crippen molar-refractivity contribution in [3.63, 3.8) is 0 Å². The highest BCUT2D eigenvalue weighted by molar-refractivity contribution is 7.89. The highest BCUT2D eigenvalue weighted by Crippen LogP contribution is 2.29. The normalized spacial score (nSPS) is 18.9. The lowest BCUT2D eigenvalue weighted by atomic mass is 10.3. The van der Waals surface area contributed by atoms with E-state index in [0.717, 1.165) is 6.07 Å². The van der Waals surface area contributed by atoms with Crippen molar-refractivity contribution in [2.24, 2.45) is 5.84 Å². The Morgan fingerprint density at radius 1 is 1.52 bits per heavy atom. The Bertz CT molecular complexity index is 642. The summed E-state index contributed by atoms with van der Waals surface area (Å²) in [6, 6.07) is 3.28. The maximum absolute atomic E-state index is 12.5. The number of ether oxygens (including phenoxy) is 1. The molecule has 3 N–H and O–H groups in total. The van der Waals surface area contributed by atoms with Gasteiger partial charge in [0.05, 0.1) is 22.5 Å². The molecule has 0 spiro atoms. The van der Waals surface area contributed by atoms with E-state index in [2.05, 4.69) is 5.43 Å². The van der Waals surface area contributed by atoms with E-state index in [9.17, 15) is 18.5 Å². The number of hydrogen-bond donors (Lipinski definition) is 2. The van der Waals surface area contributed by atoms with E-state index >= 15 is 0 Å². The molecule has 1 atom stereocenters. The molecule has 9 nitrogen and oxygen atoms in total. The van der Waals surface area contributed by atoms with Gasteiger partial charge in [-0.3, -0.25) is 16.0 Å². The summed E-state index contributed by atoms with van der Waals surface area (Å²) in [6.45, 7) is 0.820. The van der Waals surface area contributed by atoms with Crippen LogP contribution in [0.25, 0.3) is 0 Å². The maximum Gasteiger partial charge on any atom is 0.294 e. The lowest BCUT2D eigenvalue weighted by Crippen LogP contribution is -2.37. The quantitative estimate of drug-likeness (QED) is 0.454. The standard InChI is InChI=1S/C11H16N4O5S/c1-14(8-4-5-20-7-8)21(18,19)9-2-3-10(13-12)11(6-9)15(16)17/h2-3,6,8,13H,4-5,7,12H2,1H3. The molecule has 0 aromatic heterocycles. The van der Waals surface area contributed by atoms with E-state index in [0.29, 0.717) is 19.6 Å². The van der Waals surface area contributed by atoms with E-state index < -0.39 is 20.6 Å². The van der Waals surface area contributed by atoms with Gasteiger partial charge in [0.2, 0.25) is 10.0 Å². The number of hydrogen-bond acceptors (Lipinski definition) is 7. The fraction of sp³-hybridized carbons (Fsp3) is 0.455. The Hall–Kier alpha value is -1.75. The molecule has 116 valence electrons. The molecule has 0 bridgehead atoms. The molecule has 0 radical (unpaired) electrons. The van der Waals surface area contributed by atoms with Gasteiger partial charge in [-0.1, -0.05) is 0 Å². The topological polar surface area (TPSA) is 128 Å². The number of nitrogens with zero attached hydrogens (tertiary/aromatic N) is 2. The molecule has 1 aromatic carbocycles. The average molecular weight is 316 g/mol. The van der Waals surface area contributed by atoms with Crippen molar-refractivity contribution in [3.8, 4) is 0 Å². The zero-order chi connectivity index (χ0) is 15.6.